The van der Waals surface area contributed by atoms with E-state index in [0.717, 1.165) is 10.6 Å². The van der Waals surface area contributed by atoms with Crippen LogP contribution in [0.15, 0.2) is 53.4 Å². The highest BCUT2D eigenvalue weighted by Gasteiger charge is 2.36. The largest absolute Gasteiger partial charge is 0.333 e. The van der Waals surface area contributed by atoms with E-state index in [2.05, 4.69) is 0 Å². The zero-order chi connectivity index (χ0) is 17.1. The third-order valence-electron chi connectivity index (χ3n) is 3.63. The van der Waals surface area contributed by atoms with Crippen LogP contribution in [0.5, 0.6) is 0 Å². The first-order chi connectivity index (χ1) is 11.6. The summed E-state index contributed by atoms with van der Waals surface area (Å²) in [5.41, 5.74) is 1.39. The van der Waals surface area contributed by atoms with E-state index >= 15 is 0 Å². The van der Waals surface area contributed by atoms with Crippen molar-refractivity contribution in [1.82, 2.24) is 0 Å². The van der Waals surface area contributed by atoms with Crippen LogP contribution in [0.25, 0.3) is 0 Å². The molecule has 2 aromatic carbocycles. The lowest BCUT2D eigenvalue weighted by Crippen LogP contribution is -2.43. The Morgan fingerprint density at radius 2 is 2.00 bits per heavy atom. The molecule has 1 amide bonds. The third-order valence-corrected chi connectivity index (χ3v) is 4.86. The molecule has 1 heterocycles. The summed E-state index contributed by atoms with van der Waals surface area (Å²) in [6.07, 6.45) is 0.622. The van der Waals surface area contributed by atoms with E-state index in [1.165, 1.54) is 30.0 Å². The zero-order valence-electron chi connectivity index (χ0n) is 13.1. The minimum Gasteiger partial charge on any atom is -0.333 e. The number of nitrogens with zero attached hydrogens (tertiary/aromatic N) is 1. The second-order valence-corrected chi connectivity index (χ2v) is 6.60. The average molecular weight is 345 g/mol. The van der Waals surface area contributed by atoms with E-state index in [0.29, 0.717) is 17.0 Å². The van der Waals surface area contributed by atoms with Gasteiger partial charge in [-0.2, -0.15) is 0 Å². The minimum atomic E-state index is -0.510. The molecule has 1 unspecified atom stereocenters. The molecule has 3 rings (SSSR count). The SMILES string of the molecule is CCC(=O)ON1C(=O)C(Cc2ccccc2)Sc2cc(F)ccc21. The van der Waals surface area contributed by atoms with Crippen LogP contribution in [0.4, 0.5) is 10.1 Å². The van der Waals surface area contributed by atoms with Gasteiger partial charge in [-0.3, -0.25) is 4.79 Å². The van der Waals surface area contributed by atoms with Crippen molar-refractivity contribution in [1.29, 1.82) is 0 Å². The topological polar surface area (TPSA) is 46.6 Å². The summed E-state index contributed by atoms with van der Waals surface area (Å²) < 4.78 is 13.6. The number of anilines is 1. The summed E-state index contributed by atoms with van der Waals surface area (Å²) in [7, 11) is 0. The van der Waals surface area contributed by atoms with Gasteiger partial charge in [-0.05, 0) is 30.2 Å². The van der Waals surface area contributed by atoms with Crippen molar-refractivity contribution in [2.75, 3.05) is 5.06 Å². The molecule has 0 bridgehead atoms. The van der Waals surface area contributed by atoms with Gasteiger partial charge in [-0.25, -0.2) is 9.18 Å². The fourth-order valence-corrected chi connectivity index (χ4v) is 3.65. The first kappa shape index (κ1) is 16.5. The second kappa shape index (κ2) is 7.05. The molecule has 0 spiro atoms. The molecule has 0 N–H and O–H groups in total. The number of benzene rings is 2. The highest BCUT2D eigenvalue weighted by Crippen LogP contribution is 2.41. The van der Waals surface area contributed by atoms with Crippen molar-refractivity contribution >= 4 is 29.3 Å². The van der Waals surface area contributed by atoms with E-state index < -0.39 is 17.0 Å². The number of halogens is 1. The average Bonchev–Trinajstić information content (AvgIpc) is 2.59. The Kier molecular flexibility index (Phi) is 4.85. The highest BCUT2D eigenvalue weighted by atomic mass is 32.2. The standard InChI is InChI=1S/C18H16FNO3S/c1-2-17(21)23-20-14-9-8-13(19)11-15(14)24-16(18(20)22)10-12-6-4-3-5-7-12/h3-9,11,16H,2,10H2,1H3. The molecule has 0 aliphatic carbocycles. The van der Waals surface area contributed by atoms with Crippen LogP contribution >= 0.6 is 11.8 Å². The van der Waals surface area contributed by atoms with Crippen LogP contribution < -0.4 is 5.06 Å². The molecular formula is C18H16FNO3S. The first-order valence-corrected chi connectivity index (χ1v) is 8.51. The minimum absolute atomic E-state index is 0.150. The molecule has 0 fully saturated rings. The van der Waals surface area contributed by atoms with E-state index in [1.54, 1.807) is 6.92 Å². The molecule has 1 aliphatic heterocycles. The monoisotopic (exact) mass is 345 g/mol. The number of hydrogen-bond acceptors (Lipinski definition) is 4. The van der Waals surface area contributed by atoms with E-state index in [-0.39, 0.29) is 12.3 Å². The van der Waals surface area contributed by atoms with Crippen LogP contribution in [-0.2, 0) is 20.8 Å². The van der Waals surface area contributed by atoms with Crippen LogP contribution in [0.1, 0.15) is 18.9 Å². The van der Waals surface area contributed by atoms with E-state index in [1.807, 2.05) is 30.3 Å². The molecule has 0 aromatic heterocycles. The summed E-state index contributed by atoms with van der Waals surface area (Å²) in [4.78, 5) is 30.2. The van der Waals surface area contributed by atoms with Gasteiger partial charge >= 0.3 is 5.97 Å². The number of rotatable bonds is 4. The molecule has 2 aromatic rings. The fraction of sp³-hybridized carbons (Fsp3) is 0.222. The van der Waals surface area contributed by atoms with Crippen molar-refractivity contribution in [3.8, 4) is 0 Å². The molecule has 124 valence electrons. The zero-order valence-corrected chi connectivity index (χ0v) is 13.9. The van der Waals surface area contributed by atoms with Gasteiger partial charge in [0.05, 0.1) is 10.9 Å². The third kappa shape index (κ3) is 3.43. The number of hydrogen-bond donors (Lipinski definition) is 0. The Morgan fingerprint density at radius 3 is 2.71 bits per heavy atom. The molecule has 24 heavy (non-hydrogen) atoms. The Morgan fingerprint density at radius 1 is 1.25 bits per heavy atom. The van der Waals surface area contributed by atoms with Gasteiger partial charge in [0.1, 0.15) is 5.82 Å². The Balaban J connectivity index is 1.93. The van der Waals surface area contributed by atoms with Gasteiger partial charge in [-0.15, -0.1) is 16.8 Å². The van der Waals surface area contributed by atoms with Gasteiger partial charge in [0, 0.05) is 11.3 Å². The molecule has 0 saturated carbocycles. The Labute approximate surface area is 143 Å². The van der Waals surface area contributed by atoms with Gasteiger partial charge in [0.25, 0.3) is 5.91 Å². The number of amides is 1. The van der Waals surface area contributed by atoms with Crippen molar-refractivity contribution in [2.24, 2.45) is 0 Å². The summed E-state index contributed by atoms with van der Waals surface area (Å²) >= 11 is 1.29. The maximum absolute atomic E-state index is 13.6. The second-order valence-electron chi connectivity index (χ2n) is 5.36. The molecule has 0 saturated heterocycles. The maximum atomic E-state index is 13.6. The molecular weight excluding hydrogens is 329 g/mol. The Hall–Kier alpha value is -2.34. The van der Waals surface area contributed by atoms with Crippen LogP contribution in [-0.4, -0.2) is 17.1 Å². The number of hydroxylamine groups is 1. The fourth-order valence-electron chi connectivity index (χ4n) is 2.42. The summed E-state index contributed by atoms with van der Waals surface area (Å²) in [5.74, 6) is -1.22. The lowest BCUT2D eigenvalue weighted by atomic mass is 10.1. The molecule has 0 radical (unpaired) electrons. The number of carbonyl (C=O) groups is 2. The van der Waals surface area contributed by atoms with E-state index in [9.17, 15) is 14.0 Å². The van der Waals surface area contributed by atoms with Crippen LogP contribution in [0.3, 0.4) is 0 Å². The van der Waals surface area contributed by atoms with Crippen LogP contribution in [0, 0.1) is 5.82 Å². The van der Waals surface area contributed by atoms with Crippen molar-refractivity contribution in [3.63, 3.8) is 0 Å². The van der Waals surface area contributed by atoms with Crippen LogP contribution in [0.2, 0.25) is 0 Å². The predicted molar refractivity (Wildman–Crippen MR) is 90.1 cm³/mol. The summed E-state index contributed by atoms with van der Waals surface area (Å²) in [6.45, 7) is 1.65. The maximum Gasteiger partial charge on any atom is 0.332 e. The van der Waals surface area contributed by atoms with Gasteiger partial charge < -0.3 is 4.84 Å². The lowest BCUT2D eigenvalue weighted by molar-refractivity contribution is -0.150. The van der Waals surface area contributed by atoms with Crippen molar-refractivity contribution in [2.45, 2.75) is 29.9 Å². The number of fused-ring (bicyclic) bond motifs is 1. The summed E-state index contributed by atoms with van der Waals surface area (Å²) in [5, 5.41) is 0.524. The van der Waals surface area contributed by atoms with Crippen molar-refractivity contribution in [3.05, 3.63) is 59.9 Å². The Bertz CT molecular complexity index is 766. The van der Waals surface area contributed by atoms with E-state index in [4.69, 9.17) is 4.84 Å². The van der Waals surface area contributed by atoms with Gasteiger partial charge in [0.15, 0.2) is 0 Å². The quantitative estimate of drug-likeness (QED) is 0.847. The summed E-state index contributed by atoms with van der Waals surface area (Å²) in [6, 6.07) is 13.6. The lowest BCUT2D eigenvalue weighted by Gasteiger charge is -2.31. The normalized spacial score (nSPS) is 16.7. The molecule has 1 atom stereocenters. The number of carbonyl (C=O) groups excluding carboxylic acids is 2. The van der Waals surface area contributed by atoms with Crippen molar-refractivity contribution < 1.29 is 18.8 Å². The number of thioether (sulfide) groups is 1. The van der Waals surface area contributed by atoms with Gasteiger partial charge in [0.2, 0.25) is 0 Å². The molecule has 1 aliphatic rings. The molecule has 6 heteroatoms. The predicted octanol–water partition coefficient (Wildman–Crippen LogP) is 3.74. The molecule has 4 nitrogen and oxygen atoms in total. The smallest absolute Gasteiger partial charge is 0.332 e. The first-order valence-electron chi connectivity index (χ1n) is 7.63. The highest BCUT2D eigenvalue weighted by molar-refractivity contribution is 8.01. The van der Waals surface area contributed by atoms with Gasteiger partial charge in [-0.1, -0.05) is 37.3 Å².